The van der Waals surface area contributed by atoms with Gasteiger partial charge in [0.2, 0.25) is 0 Å². The number of nitrogens with two attached hydrogens (primary N) is 1. The molecule has 2 N–H and O–H groups in total. The standard InChI is InChI=1S/C10H13N2O2S/c1-3-14-9-5-4-7(15-13)6-8(9)10(11)12-2/h4-6H,3H2,1-2H3,(H2,11,12)/q+1. The summed E-state index contributed by atoms with van der Waals surface area (Å²) in [7, 11) is 1.60. The van der Waals surface area contributed by atoms with E-state index in [0.29, 0.717) is 40.3 Å². The van der Waals surface area contributed by atoms with Gasteiger partial charge in [-0.25, -0.2) is 0 Å². The molecule has 0 unspecified atom stereocenters. The van der Waals surface area contributed by atoms with Gasteiger partial charge in [-0.2, -0.15) is 0 Å². The van der Waals surface area contributed by atoms with E-state index in [-0.39, 0.29) is 0 Å². The molecule has 0 aliphatic carbocycles. The fourth-order valence-electron chi connectivity index (χ4n) is 1.16. The van der Waals surface area contributed by atoms with E-state index in [1.807, 2.05) is 6.92 Å². The van der Waals surface area contributed by atoms with Crippen LogP contribution in [0.1, 0.15) is 12.5 Å². The average Bonchev–Trinajstić information content (AvgIpc) is 2.29. The van der Waals surface area contributed by atoms with Crippen molar-refractivity contribution in [3.63, 3.8) is 0 Å². The summed E-state index contributed by atoms with van der Waals surface area (Å²) < 4.78 is 16.0. The largest absolute Gasteiger partial charge is 0.505 e. The van der Waals surface area contributed by atoms with Crippen LogP contribution in [0.4, 0.5) is 0 Å². The highest BCUT2D eigenvalue weighted by molar-refractivity contribution is 7.65. The topological polar surface area (TPSA) is 64.7 Å². The molecule has 1 aromatic rings. The van der Waals surface area contributed by atoms with Gasteiger partial charge >= 0.3 is 11.7 Å². The number of rotatable bonds is 4. The van der Waals surface area contributed by atoms with Crippen molar-refractivity contribution in [1.82, 2.24) is 0 Å². The number of benzene rings is 1. The molecule has 1 rings (SSSR count). The molecule has 0 bridgehead atoms. The lowest BCUT2D eigenvalue weighted by molar-refractivity contribution is 0.339. The minimum absolute atomic E-state index is 0.370. The van der Waals surface area contributed by atoms with E-state index < -0.39 is 0 Å². The molecule has 0 heterocycles. The first-order chi connectivity index (χ1) is 7.22. The van der Waals surface area contributed by atoms with Gasteiger partial charge in [-0.3, -0.25) is 4.99 Å². The molecular formula is C10H13N2O2S+. The highest BCUT2D eigenvalue weighted by Crippen LogP contribution is 2.20. The maximum Gasteiger partial charge on any atom is 0.505 e. The van der Waals surface area contributed by atoms with Crippen LogP contribution in [0.15, 0.2) is 28.1 Å². The van der Waals surface area contributed by atoms with Crippen LogP contribution < -0.4 is 10.5 Å². The van der Waals surface area contributed by atoms with Crippen molar-refractivity contribution < 1.29 is 8.95 Å². The Bertz CT molecular complexity index is 391. The average molecular weight is 225 g/mol. The molecule has 80 valence electrons. The van der Waals surface area contributed by atoms with E-state index in [1.165, 1.54) is 0 Å². The summed E-state index contributed by atoms with van der Waals surface area (Å²) >= 11 is 0.422. The van der Waals surface area contributed by atoms with Gasteiger partial charge in [-0.1, -0.05) is 0 Å². The molecule has 0 saturated heterocycles. The van der Waals surface area contributed by atoms with Crippen LogP contribution >= 0.6 is 0 Å². The van der Waals surface area contributed by atoms with Gasteiger partial charge < -0.3 is 10.5 Å². The Balaban J connectivity index is 3.22. The van der Waals surface area contributed by atoms with Crippen LogP contribution in [-0.2, 0) is 15.9 Å². The number of hydrogen-bond acceptors (Lipinski definition) is 3. The van der Waals surface area contributed by atoms with Crippen LogP contribution in [0.25, 0.3) is 0 Å². The molecule has 0 amide bonds. The van der Waals surface area contributed by atoms with Gasteiger partial charge in [-0.15, -0.1) is 0 Å². The first kappa shape index (κ1) is 11.6. The van der Waals surface area contributed by atoms with Crippen LogP contribution in [0, 0.1) is 0 Å². The van der Waals surface area contributed by atoms with Gasteiger partial charge in [-0.05, 0) is 13.0 Å². The predicted molar refractivity (Wildman–Crippen MR) is 60.6 cm³/mol. The second kappa shape index (κ2) is 5.41. The highest BCUT2D eigenvalue weighted by Gasteiger charge is 2.14. The van der Waals surface area contributed by atoms with E-state index in [4.69, 9.17) is 10.5 Å². The summed E-state index contributed by atoms with van der Waals surface area (Å²) in [6, 6.07) is 5.12. The normalized spacial score (nSPS) is 11.2. The Morgan fingerprint density at radius 3 is 2.87 bits per heavy atom. The second-order valence-corrected chi connectivity index (χ2v) is 3.42. The molecular weight excluding hydrogens is 212 g/mol. The van der Waals surface area contributed by atoms with E-state index in [2.05, 4.69) is 4.99 Å². The number of nitrogens with zero attached hydrogens (tertiary/aromatic N) is 1. The van der Waals surface area contributed by atoms with E-state index >= 15 is 0 Å². The minimum atomic E-state index is 0.370. The summed E-state index contributed by atoms with van der Waals surface area (Å²) in [6.07, 6.45) is 0. The molecule has 1 aromatic carbocycles. The van der Waals surface area contributed by atoms with Crippen molar-refractivity contribution in [2.24, 2.45) is 10.7 Å². The van der Waals surface area contributed by atoms with E-state index in [1.54, 1.807) is 25.2 Å². The van der Waals surface area contributed by atoms with Gasteiger partial charge in [0, 0.05) is 23.4 Å². The first-order valence-electron chi connectivity index (χ1n) is 4.52. The quantitative estimate of drug-likeness (QED) is 0.476. The predicted octanol–water partition coefficient (Wildman–Crippen LogP) is 1.21. The number of amidine groups is 1. The third-order valence-corrected chi connectivity index (χ3v) is 2.31. The smallest absolute Gasteiger partial charge is 0.493 e. The molecule has 0 aromatic heterocycles. The van der Waals surface area contributed by atoms with Crippen molar-refractivity contribution in [3.8, 4) is 5.75 Å². The van der Waals surface area contributed by atoms with Crippen molar-refractivity contribution in [2.45, 2.75) is 11.8 Å². The first-order valence-corrected chi connectivity index (χ1v) is 5.26. The Morgan fingerprint density at radius 2 is 2.33 bits per heavy atom. The third kappa shape index (κ3) is 2.73. The SMILES string of the molecule is CCOc1ccc([S+]=O)cc1C(N)=NC. The van der Waals surface area contributed by atoms with E-state index in [9.17, 15) is 4.21 Å². The van der Waals surface area contributed by atoms with Crippen LogP contribution in [0.3, 0.4) is 0 Å². The molecule has 0 aliphatic heterocycles. The summed E-state index contributed by atoms with van der Waals surface area (Å²) in [5, 5.41) is 0. The second-order valence-electron chi connectivity index (χ2n) is 2.78. The van der Waals surface area contributed by atoms with Gasteiger partial charge in [0.15, 0.2) is 0 Å². The van der Waals surface area contributed by atoms with Crippen molar-refractivity contribution in [2.75, 3.05) is 13.7 Å². The summed E-state index contributed by atoms with van der Waals surface area (Å²) in [5.74, 6) is 1.02. The lowest BCUT2D eigenvalue weighted by atomic mass is 10.2. The molecule has 0 atom stereocenters. The number of ether oxygens (including phenoxy) is 1. The lowest BCUT2D eigenvalue weighted by Gasteiger charge is -2.07. The Morgan fingerprint density at radius 1 is 1.60 bits per heavy atom. The Labute approximate surface area is 92.6 Å². The van der Waals surface area contributed by atoms with Crippen LogP contribution in [0.5, 0.6) is 5.75 Å². The molecule has 4 nitrogen and oxygen atoms in total. The summed E-state index contributed by atoms with van der Waals surface area (Å²) in [5.41, 5.74) is 6.37. The van der Waals surface area contributed by atoms with Crippen molar-refractivity contribution in [3.05, 3.63) is 23.8 Å². The molecule has 15 heavy (non-hydrogen) atoms. The zero-order valence-electron chi connectivity index (χ0n) is 8.69. The van der Waals surface area contributed by atoms with Gasteiger partial charge in [0.25, 0.3) is 4.90 Å². The Kier molecular flexibility index (Phi) is 4.17. The fourth-order valence-corrected chi connectivity index (χ4v) is 1.45. The highest BCUT2D eigenvalue weighted by atomic mass is 32.1. The third-order valence-electron chi connectivity index (χ3n) is 1.86. The Hall–Kier alpha value is -1.49. The minimum Gasteiger partial charge on any atom is -0.493 e. The van der Waals surface area contributed by atoms with Crippen LogP contribution in [0.2, 0.25) is 0 Å². The maximum atomic E-state index is 10.7. The monoisotopic (exact) mass is 225 g/mol. The molecule has 0 saturated carbocycles. The van der Waals surface area contributed by atoms with Gasteiger partial charge in [0.05, 0.1) is 12.2 Å². The van der Waals surface area contributed by atoms with E-state index in [0.717, 1.165) is 0 Å². The van der Waals surface area contributed by atoms with Crippen LogP contribution in [-0.4, -0.2) is 19.5 Å². The van der Waals surface area contributed by atoms with Crippen molar-refractivity contribution >= 4 is 17.5 Å². The zero-order valence-corrected chi connectivity index (χ0v) is 9.50. The van der Waals surface area contributed by atoms with Gasteiger partial charge in [0.1, 0.15) is 11.6 Å². The molecule has 5 heteroatoms. The molecule has 0 radical (unpaired) electrons. The summed E-state index contributed by atoms with van der Waals surface area (Å²) in [4.78, 5) is 4.48. The fraction of sp³-hybridized carbons (Fsp3) is 0.300. The molecule has 0 fully saturated rings. The molecule has 0 spiro atoms. The number of aliphatic imine (C=N–C) groups is 1. The lowest BCUT2D eigenvalue weighted by Crippen LogP contribution is -2.15. The zero-order chi connectivity index (χ0) is 11.3. The molecule has 0 aliphatic rings. The summed E-state index contributed by atoms with van der Waals surface area (Å²) in [6.45, 7) is 2.44. The maximum absolute atomic E-state index is 10.7. The van der Waals surface area contributed by atoms with Crippen molar-refractivity contribution in [1.29, 1.82) is 0 Å². The number of hydrogen-bond donors (Lipinski definition) is 1.